The molecule has 0 saturated carbocycles. The Bertz CT molecular complexity index is 1410. The first kappa shape index (κ1) is 26.7. The molecular weight excluding hydrogens is 504 g/mol. The minimum atomic E-state index is -3.61. The summed E-state index contributed by atoms with van der Waals surface area (Å²) in [5.74, 6) is 0.946. The molecule has 1 aromatic heterocycles. The fraction of sp³-hybridized carbons (Fsp3) is 0.250. The maximum Gasteiger partial charge on any atom is 0.268 e. The molecule has 0 saturated heterocycles. The molecule has 0 atom stereocenters. The average Bonchev–Trinajstić information content (AvgIpc) is 3.30. The summed E-state index contributed by atoms with van der Waals surface area (Å²) in [6.07, 6.45) is 2.34. The van der Waals surface area contributed by atoms with Crippen LogP contribution in [0.25, 0.3) is 6.08 Å². The summed E-state index contributed by atoms with van der Waals surface area (Å²) < 4.78 is 43.9. The molecule has 1 N–H and O–H groups in total. The van der Waals surface area contributed by atoms with Gasteiger partial charge >= 0.3 is 0 Å². The molecule has 3 rings (SSSR count). The minimum absolute atomic E-state index is 0.0341. The molecule has 0 unspecified atom stereocenters. The van der Waals surface area contributed by atoms with E-state index < -0.39 is 20.9 Å². The van der Waals surface area contributed by atoms with Gasteiger partial charge in [0.25, 0.3) is 11.1 Å². The summed E-state index contributed by atoms with van der Waals surface area (Å²) in [4.78, 5) is 16.3. The van der Waals surface area contributed by atoms with Gasteiger partial charge in [-0.1, -0.05) is 18.2 Å². The minimum Gasteiger partial charge on any atom is -0.490 e. The summed E-state index contributed by atoms with van der Waals surface area (Å²) in [7, 11) is -3.61. The Balaban J connectivity index is 1.67. The number of ether oxygens (including phenoxy) is 3. The van der Waals surface area contributed by atoms with Gasteiger partial charge in [0.2, 0.25) is 15.0 Å². The normalized spacial score (nSPS) is 11.4. The lowest BCUT2D eigenvalue weighted by Gasteiger charge is -2.13. The van der Waals surface area contributed by atoms with Crippen LogP contribution in [0.15, 0.2) is 53.2 Å². The van der Waals surface area contributed by atoms with E-state index in [1.165, 1.54) is 6.08 Å². The molecule has 0 aliphatic heterocycles. The number of hydrogen-bond donors (Lipinski definition) is 1. The number of hydrogen-bond acceptors (Lipinski definition) is 10. The third kappa shape index (κ3) is 7.53. The number of sulfone groups is 1. The Morgan fingerprint density at radius 2 is 1.92 bits per heavy atom. The van der Waals surface area contributed by atoms with Crippen LogP contribution in [-0.4, -0.2) is 49.8 Å². The topological polar surface area (TPSA) is 140 Å². The highest BCUT2D eigenvalue weighted by molar-refractivity contribution is 7.90. The van der Waals surface area contributed by atoms with Crippen molar-refractivity contribution in [1.29, 1.82) is 5.26 Å². The van der Waals surface area contributed by atoms with Crippen molar-refractivity contribution in [3.8, 4) is 23.3 Å². The van der Waals surface area contributed by atoms with Gasteiger partial charge in [0.1, 0.15) is 30.6 Å². The second kappa shape index (κ2) is 12.1. The van der Waals surface area contributed by atoms with Crippen LogP contribution in [0.4, 0.5) is 5.13 Å². The molecular formula is C24H24N4O6S2. The van der Waals surface area contributed by atoms with Crippen molar-refractivity contribution in [3.05, 3.63) is 59.2 Å². The second-order valence-electron chi connectivity index (χ2n) is 7.43. The molecule has 10 nitrogen and oxygen atoms in total. The van der Waals surface area contributed by atoms with Crippen LogP contribution in [0.3, 0.4) is 0 Å². The molecule has 0 aliphatic rings. The number of carbonyl (C=O) groups excluding carboxylic acids is 1. The molecule has 12 heteroatoms. The predicted molar refractivity (Wildman–Crippen MR) is 135 cm³/mol. The van der Waals surface area contributed by atoms with Crippen molar-refractivity contribution >= 4 is 38.5 Å². The average molecular weight is 529 g/mol. The lowest BCUT2D eigenvalue weighted by molar-refractivity contribution is -0.112. The van der Waals surface area contributed by atoms with E-state index in [-0.39, 0.29) is 17.3 Å². The number of amides is 1. The molecule has 188 valence electrons. The maximum absolute atomic E-state index is 12.5. The fourth-order valence-electron chi connectivity index (χ4n) is 2.91. The summed E-state index contributed by atoms with van der Waals surface area (Å²) in [6.45, 7) is 4.82. The van der Waals surface area contributed by atoms with Crippen LogP contribution < -0.4 is 19.5 Å². The molecule has 2 aromatic carbocycles. The van der Waals surface area contributed by atoms with Crippen molar-refractivity contribution < 1.29 is 27.4 Å². The third-order valence-electron chi connectivity index (χ3n) is 4.50. The first-order valence-corrected chi connectivity index (χ1v) is 13.4. The number of aromatic nitrogens is 2. The zero-order valence-corrected chi connectivity index (χ0v) is 21.5. The van der Waals surface area contributed by atoms with E-state index in [2.05, 4.69) is 14.7 Å². The molecule has 0 bridgehead atoms. The van der Waals surface area contributed by atoms with Gasteiger partial charge in [0.05, 0.1) is 6.61 Å². The molecule has 0 fully saturated rings. The van der Waals surface area contributed by atoms with E-state index >= 15 is 0 Å². The number of aryl methyl sites for hydroxylation is 1. The number of anilines is 1. The van der Waals surface area contributed by atoms with E-state index in [4.69, 9.17) is 14.2 Å². The Hall–Kier alpha value is -3.95. The van der Waals surface area contributed by atoms with Crippen LogP contribution in [0.2, 0.25) is 0 Å². The molecule has 0 aliphatic carbocycles. The van der Waals surface area contributed by atoms with Crippen molar-refractivity contribution in [2.45, 2.75) is 19.0 Å². The molecule has 0 radical (unpaired) electrons. The van der Waals surface area contributed by atoms with Crippen LogP contribution >= 0.6 is 11.5 Å². The summed E-state index contributed by atoms with van der Waals surface area (Å²) in [5.41, 5.74) is 1.42. The molecule has 1 heterocycles. The van der Waals surface area contributed by atoms with Crippen LogP contribution in [0.5, 0.6) is 17.2 Å². The van der Waals surface area contributed by atoms with E-state index in [0.717, 1.165) is 17.6 Å². The Labute approximate surface area is 213 Å². The van der Waals surface area contributed by atoms with E-state index in [0.29, 0.717) is 41.8 Å². The maximum atomic E-state index is 12.5. The van der Waals surface area contributed by atoms with E-state index in [1.807, 2.05) is 44.2 Å². The van der Waals surface area contributed by atoms with Gasteiger partial charge < -0.3 is 14.2 Å². The molecule has 3 aromatic rings. The van der Waals surface area contributed by atoms with Crippen LogP contribution in [0, 0.1) is 18.3 Å². The van der Waals surface area contributed by atoms with Crippen molar-refractivity contribution in [1.82, 2.24) is 9.36 Å². The van der Waals surface area contributed by atoms with E-state index in [9.17, 15) is 18.5 Å². The van der Waals surface area contributed by atoms with Gasteiger partial charge in [-0.2, -0.15) is 14.6 Å². The quantitative estimate of drug-likeness (QED) is 0.224. The smallest absolute Gasteiger partial charge is 0.268 e. The van der Waals surface area contributed by atoms with Crippen molar-refractivity contribution in [2.75, 3.05) is 31.4 Å². The zero-order valence-electron chi connectivity index (χ0n) is 19.8. The molecule has 36 heavy (non-hydrogen) atoms. The largest absolute Gasteiger partial charge is 0.490 e. The number of rotatable bonds is 11. The highest BCUT2D eigenvalue weighted by Gasteiger charge is 2.18. The number of nitriles is 1. The van der Waals surface area contributed by atoms with Gasteiger partial charge in [-0.25, -0.2) is 8.42 Å². The molecule has 1 amide bonds. The SMILES string of the molecule is CCOc1cc(C=C(C#N)C(=O)Nc2nc(S(C)(=O)=O)ns2)ccc1OCCOc1cccc(C)c1. The Morgan fingerprint density at radius 3 is 2.58 bits per heavy atom. The Kier molecular flexibility index (Phi) is 8.99. The van der Waals surface area contributed by atoms with Crippen molar-refractivity contribution in [3.63, 3.8) is 0 Å². The van der Waals surface area contributed by atoms with Gasteiger partial charge in [-0.3, -0.25) is 10.1 Å². The lowest BCUT2D eigenvalue weighted by atomic mass is 10.1. The first-order valence-electron chi connectivity index (χ1n) is 10.8. The van der Waals surface area contributed by atoms with Crippen LogP contribution in [0.1, 0.15) is 18.1 Å². The summed E-state index contributed by atoms with van der Waals surface area (Å²) in [6, 6.07) is 14.6. The highest BCUT2D eigenvalue weighted by Crippen LogP contribution is 2.29. The van der Waals surface area contributed by atoms with E-state index in [1.54, 1.807) is 18.2 Å². The standard InChI is InChI=1S/C24H24N4O6S2/c1-4-32-21-14-17(8-9-20(21)34-11-10-33-19-7-5-6-16(2)12-19)13-18(15-25)22(29)26-23-27-24(28-35-23)36(3,30)31/h5-9,12-14H,4,10-11H2,1-3H3,(H,26,27,28,29). The molecule has 0 spiro atoms. The van der Waals surface area contributed by atoms with Crippen molar-refractivity contribution in [2.24, 2.45) is 0 Å². The number of benzene rings is 2. The third-order valence-corrected chi connectivity index (χ3v) is 6.09. The summed E-state index contributed by atoms with van der Waals surface area (Å²) in [5, 5.41) is 11.4. The monoisotopic (exact) mass is 528 g/mol. The van der Waals surface area contributed by atoms with Crippen LogP contribution in [-0.2, 0) is 14.6 Å². The first-order chi connectivity index (χ1) is 17.2. The van der Waals surface area contributed by atoms with Gasteiger partial charge in [0.15, 0.2) is 11.5 Å². The lowest BCUT2D eigenvalue weighted by Crippen LogP contribution is -2.13. The zero-order chi connectivity index (χ0) is 26.1. The Morgan fingerprint density at radius 1 is 1.14 bits per heavy atom. The second-order valence-corrected chi connectivity index (χ2v) is 10.1. The predicted octanol–water partition coefficient (Wildman–Crippen LogP) is 3.65. The number of nitrogens with one attached hydrogen (secondary N) is 1. The van der Waals surface area contributed by atoms with Gasteiger partial charge in [-0.05, 0) is 55.3 Å². The fourth-order valence-corrected chi connectivity index (χ4v) is 4.35. The van der Waals surface area contributed by atoms with Gasteiger partial charge in [-0.15, -0.1) is 0 Å². The van der Waals surface area contributed by atoms with Gasteiger partial charge in [0, 0.05) is 17.8 Å². The number of carbonyl (C=O) groups is 1. The number of nitrogens with zero attached hydrogens (tertiary/aromatic N) is 3. The highest BCUT2D eigenvalue weighted by atomic mass is 32.2. The summed E-state index contributed by atoms with van der Waals surface area (Å²) >= 11 is 0.703.